The van der Waals surface area contributed by atoms with Crippen molar-refractivity contribution in [1.29, 1.82) is 0 Å². The third-order valence-electron chi connectivity index (χ3n) is 5.07. The van der Waals surface area contributed by atoms with Crippen LogP contribution in [0, 0.1) is 6.92 Å². The van der Waals surface area contributed by atoms with Crippen LogP contribution in [0.5, 0.6) is 0 Å². The summed E-state index contributed by atoms with van der Waals surface area (Å²) in [7, 11) is 0. The molecule has 3 aromatic rings. The Bertz CT molecular complexity index is 1030. The van der Waals surface area contributed by atoms with Gasteiger partial charge in [0.2, 0.25) is 0 Å². The summed E-state index contributed by atoms with van der Waals surface area (Å²) in [6, 6.07) is 15.3. The zero-order valence-electron chi connectivity index (χ0n) is 16.1. The van der Waals surface area contributed by atoms with Crippen LogP contribution >= 0.6 is 23.2 Å². The molecule has 2 aromatic carbocycles. The second-order valence-corrected chi connectivity index (χ2v) is 8.10. The van der Waals surface area contributed by atoms with Crippen LogP contribution in [0.1, 0.15) is 21.6 Å². The number of nitrogens with zero attached hydrogens (tertiary/aromatic N) is 3. The van der Waals surface area contributed by atoms with E-state index < -0.39 is 0 Å². The summed E-state index contributed by atoms with van der Waals surface area (Å²) >= 11 is 12.2. The van der Waals surface area contributed by atoms with Crippen molar-refractivity contribution in [3.63, 3.8) is 0 Å². The van der Waals surface area contributed by atoms with Gasteiger partial charge in [-0.15, -0.1) is 0 Å². The average molecular weight is 430 g/mol. The van der Waals surface area contributed by atoms with Gasteiger partial charge in [0.25, 0.3) is 5.91 Å². The van der Waals surface area contributed by atoms with E-state index in [2.05, 4.69) is 41.2 Å². The number of aromatic nitrogens is 1. The minimum absolute atomic E-state index is 0.125. The fraction of sp³-hybridized carbons (Fsp3) is 0.273. The Morgan fingerprint density at radius 2 is 1.86 bits per heavy atom. The summed E-state index contributed by atoms with van der Waals surface area (Å²) in [5.74, 6) is 0.327. The van der Waals surface area contributed by atoms with Crippen LogP contribution in [0.3, 0.4) is 0 Å². The molecule has 1 saturated heterocycles. The molecule has 29 heavy (non-hydrogen) atoms. The van der Waals surface area contributed by atoms with Crippen LogP contribution in [0.25, 0.3) is 11.3 Å². The maximum Gasteiger partial charge on any atom is 0.276 e. The predicted molar refractivity (Wildman–Crippen MR) is 114 cm³/mol. The number of carbonyl (C=O) groups excluding carboxylic acids is 1. The summed E-state index contributed by atoms with van der Waals surface area (Å²) in [6.45, 7) is 5.97. The van der Waals surface area contributed by atoms with Gasteiger partial charge in [-0.1, -0.05) is 58.2 Å². The second kappa shape index (κ2) is 8.57. The maximum atomic E-state index is 12.8. The molecular formula is C22H21Cl2N3O2. The number of piperazine rings is 1. The Labute approximate surface area is 179 Å². The lowest BCUT2D eigenvalue weighted by Crippen LogP contribution is -2.48. The van der Waals surface area contributed by atoms with Crippen molar-refractivity contribution < 1.29 is 9.32 Å². The first-order valence-electron chi connectivity index (χ1n) is 9.49. The molecule has 0 unspecified atom stereocenters. The van der Waals surface area contributed by atoms with Gasteiger partial charge in [-0.25, -0.2) is 0 Å². The predicted octanol–water partition coefficient (Wildman–Crippen LogP) is 4.91. The molecular weight excluding hydrogens is 409 g/mol. The Hall–Kier alpha value is -2.34. The molecule has 0 atom stereocenters. The molecule has 0 bridgehead atoms. The summed E-state index contributed by atoms with van der Waals surface area (Å²) in [5, 5.41) is 4.95. The molecule has 1 fully saturated rings. The van der Waals surface area contributed by atoms with Gasteiger partial charge in [0.05, 0.1) is 5.02 Å². The molecule has 0 N–H and O–H groups in total. The fourth-order valence-electron chi connectivity index (χ4n) is 3.53. The minimum atomic E-state index is -0.125. The van der Waals surface area contributed by atoms with Crippen molar-refractivity contribution in [3.8, 4) is 11.3 Å². The van der Waals surface area contributed by atoms with Crippen LogP contribution in [-0.4, -0.2) is 47.0 Å². The smallest absolute Gasteiger partial charge is 0.276 e. The summed E-state index contributed by atoms with van der Waals surface area (Å²) in [5.41, 5.74) is 3.51. The number of hydrogen-bond acceptors (Lipinski definition) is 4. The molecule has 1 aromatic heterocycles. The van der Waals surface area contributed by atoms with Gasteiger partial charge in [0, 0.05) is 49.4 Å². The van der Waals surface area contributed by atoms with Gasteiger partial charge in [-0.2, -0.15) is 0 Å². The van der Waals surface area contributed by atoms with E-state index in [-0.39, 0.29) is 11.6 Å². The number of carbonyl (C=O) groups is 1. The quantitative estimate of drug-likeness (QED) is 0.590. The van der Waals surface area contributed by atoms with Crippen molar-refractivity contribution in [3.05, 3.63) is 75.4 Å². The van der Waals surface area contributed by atoms with Crippen LogP contribution < -0.4 is 0 Å². The first-order chi connectivity index (χ1) is 14.0. The zero-order chi connectivity index (χ0) is 20.4. The van der Waals surface area contributed by atoms with E-state index in [9.17, 15) is 4.79 Å². The first-order valence-corrected chi connectivity index (χ1v) is 10.2. The molecule has 4 rings (SSSR count). The number of rotatable bonds is 4. The number of benzene rings is 2. The third kappa shape index (κ3) is 4.64. The monoisotopic (exact) mass is 429 g/mol. The largest absolute Gasteiger partial charge is 0.355 e. The molecule has 5 nitrogen and oxygen atoms in total. The fourth-order valence-corrected chi connectivity index (χ4v) is 4.03. The Balaban J connectivity index is 1.38. The SMILES string of the molecule is Cc1cccc(CN2CCN(C(=O)c3cc(-c4ccc(Cl)cc4Cl)on3)CC2)c1. The Kier molecular flexibility index (Phi) is 5.90. The zero-order valence-corrected chi connectivity index (χ0v) is 17.6. The topological polar surface area (TPSA) is 49.6 Å². The van der Waals surface area contributed by atoms with Crippen molar-refractivity contribution in [2.24, 2.45) is 0 Å². The summed E-state index contributed by atoms with van der Waals surface area (Å²) in [4.78, 5) is 17.0. The van der Waals surface area contributed by atoms with Crippen LogP contribution in [0.2, 0.25) is 10.0 Å². The van der Waals surface area contributed by atoms with E-state index in [1.165, 1.54) is 11.1 Å². The number of aryl methyl sites for hydroxylation is 1. The highest BCUT2D eigenvalue weighted by Crippen LogP contribution is 2.31. The van der Waals surface area contributed by atoms with Gasteiger partial charge in [0.1, 0.15) is 0 Å². The second-order valence-electron chi connectivity index (χ2n) is 7.26. The molecule has 7 heteroatoms. The molecule has 0 saturated carbocycles. The van der Waals surface area contributed by atoms with Crippen LogP contribution in [0.4, 0.5) is 0 Å². The molecule has 1 aliphatic heterocycles. The van der Waals surface area contributed by atoms with Gasteiger partial charge in [-0.3, -0.25) is 9.69 Å². The van der Waals surface area contributed by atoms with Crippen molar-refractivity contribution >= 4 is 29.1 Å². The molecule has 0 aliphatic carbocycles. The highest BCUT2D eigenvalue weighted by Gasteiger charge is 2.25. The lowest BCUT2D eigenvalue weighted by atomic mass is 10.1. The van der Waals surface area contributed by atoms with Crippen molar-refractivity contribution in [1.82, 2.24) is 15.0 Å². The molecule has 1 amide bonds. The lowest BCUT2D eigenvalue weighted by Gasteiger charge is -2.34. The minimum Gasteiger partial charge on any atom is -0.355 e. The molecule has 1 aliphatic rings. The standard InChI is InChI=1S/C22H21Cl2N3O2/c1-15-3-2-4-16(11-15)14-26-7-9-27(10-8-26)22(28)20-13-21(29-25-20)18-6-5-17(23)12-19(18)24/h2-6,11-13H,7-10,14H2,1H3. The van der Waals surface area contributed by atoms with E-state index in [1.807, 2.05) is 4.90 Å². The van der Waals surface area contributed by atoms with Crippen LogP contribution in [0.15, 0.2) is 53.1 Å². The van der Waals surface area contributed by atoms with E-state index >= 15 is 0 Å². The van der Waals surface area contributed by atoms with Crippen molar-refractivity contribution in [2.45, 2.75) is 13.5 Å². The number of amides is 1. The Morgan fingerprint density at radius 3 is 2.59 bits per heavy atom. The summed E-state index contributed by atoms with van der Waals surface area (Å²) in [6.07, 6.45) is 0. The van der Waals surface area contributed by atoms with Gasteiger partial charge >= 0.3 is 0 Å². The normalized spacial score (nSPS) is 14.9. The molecule has 0 spiro atoms. The Morgan fingerprint density at radius 1 is 1.07 bits per heavy atom. The lowest BCUT2D eigenvalue weighted by molar-refractivity contribution is 0.0618. The molecule has 0 radical (unpaired) electrons. The van der Waals surface area contributed by atoms with Crippen LogP contribution in [-0.2, 0) is 6.54 Å². The van der Waals surface area contributed by atoms with E-state index in [4.69, 9.17) is 27.7 Å². The van der Waals surface area contributed by atoms with Crippen molar-refractivity contribution in [2.75, 3.05) is 26.2 Å². The number of halogens is 2. The summed E-state index contributed by atoms with van der Waals surface area (Å²) < 4.78 is 5.36. The third-order valence-corrected chi connectivity index (χ3v) is 5.62. The van der Waals surface area contributed by atoms with E-state index in [0.29, 0.717) is 34.5 Å². The van der Waals surface area contributed by atoms with E-state index in [1.54, 1.807) is 24.3 Å². The molecule has 150 valence electrons. The number of hydrogen-bond donors (Lipinski definition) is 0. The van der Waals surface area contributed by atoms with Gasteiger partial charge in [-0.05, 0) is 30.7 Å². The van der Waals surface area contributed by atoms with E-state index in [0.717, 1.165) is 19.6 Å². The molecule has 2 heterocycles. The highest BCUT2D eigenvalue weighted by molar-refractivity contribution is 6.36. The maximum absolute atomic E-state index is 12.8. The first kappa shape index (κ1) is 20.0. The van der Waals surface area contributed by atoms with Gasteiger partial charge in [0.15, 0.2) is 11.5 Å². The highest BCUT2D eigenvalue weighted by atomic mass is 35.5. The average Bonchev–Trinajstić information content (AvgIpc) is 3.18. The van der Waals surface area contributed by atoms with Gasteiger partial charge < -0.3 is 9.42 Å².